The number of hydrogen-bond acceptors (Lipinski definition) is 1. The fourth-order valence-corrected chi connectivity index (χ4v) is 1.45. The van der Waals surface area contributed by atoms with Crippen LogP contribution in [-0.4, -0.2) is 17.0 Å². The number of unbranched alkanes of at least 4 members (excludes halogenated alkanes) is 2. The first-order valence-corrected chi connectivity index (χ1v) is 5.17. The number of rotatable bonds is 8. The van der Waals surface area contributed by atoms with Gasteiger partial charge in [-0.25, -0.2) is 8.78 Å². The third-order valence-electron chi connectivity index (χ3n) is 2.39. The summed E-state index contributed by atoms with van der Waals surface area (Å²) in [7, 11) is 0. The number of hydrogen-bond donors (Lipinski definition) is 1. The van der Waals surface area contributed by atoms with Crippen LogP contribution >= 0.6 is 0 Å². The number of carboxylic acids is 1. The largest absolute Gasteiger partial charge is 0.481 e. The highest BCUT2D eigenvalue weighted by atomic mass is 19.3. The summed E-state index contributed by atoms with van der Waals surface area (Å²) in [5.41, 5.74) is 0. The molecule has 0 bridgehead atoms. The van der Waals surface area contributed by atoms with Gasteiger partial charge in [-0.2, -0.15) is 0 Å². The fourth-order valence-electron chi connectivity index (χ4n) is 1.45. The first kappa shape index (κ1) is 14.1. The maximum atomic E-state index is 13.2. The minimum atomic E-state index is -3.08. The Hall–Kier alpha value is -0.930. The van der Waals surface area contributed by atoms with Crippen LogP contribution in [0.1, 0.15) is 39.0 Å². The van der Waals surface area contributed by atoms with Gasteiger partial charge in [-0.05, 0) is 12.5 Å². The number of halogens is 2. The third kappa shape index (κ3) is 5.50. The summed E-state index contributed by atoms with van der Waals surface area (Å²) < 4.78 is 26.4. The Morgan fingerprint density at radius 1 is 1.53 bits per heavy atom. The quantitative estimate of drug-likeness (QED) is 0.502. The van der Waals surface area contributed by atoms with Gasteiger partial charge in [0, 0.05) is 5.92 Å². The lowest BCUT2D eigenvalue weighted by Crippen LogP contribution is -2.28. The number of aliphatic carboxylic acids is 1. The summed E-state index contributed by atoms with van der Waals surface area (Å²) in [5.74, 6) is -5.39. The average molecular weight is 220 g/mol. The molecule has 15 heavy (non-hydrogen) atoms. The highest BCUT2D eigenvalue weighted by molar-refractivity contribution is 5.67. The lowest BCUT2D eigenvalue weighted by Gasteiger charge is -2.22. The number of allylic oxidation sites excluding steroid dienone is 1. The summed E-state index contributed by atoms with van der Waals surface area (Å²) in [6.45, 7) is 5.02. The second-order valence-electron chi connectivity index (χ2n) is 3.67. The number of alkyl halides is 2. The van der Waals surface area contributed by atoms with Gasteiger partial charge in [0.15, 0.2) is 0 Å². The van der Waals surface area contributed by atoms with Gasteiger partial charge in [-0.3, -0.25) is 4.79 Å². The summed E-state index contributed by atoms with van der Waals surface area (Å²) in [4.78, 5) is 10.4. The maximum Gasteiger partial charge on any atom is 0.303 e. The van der Waals surface area contributed by atoms with Crippen molar-refractivity contribution in [3.63, 3.8) is 0 Å². The highest BCUT2D eigenvalue weighted by Crippen LogP contribution is 2.32. The van der Waals surface area contributed by atoms with E-state index in [0.717, 1.165) is 12.8 Å². The zero-order chi connectivity index (χ0) is 11.9. The molecule has 0 fully saturated rings. The fraction of sp³-hybridized carbons (Fsp3) is 0.727. The molecular formula is C11H18F2O2. The SMILES string of the molecule is C=CC(F)(F)C(CCCCC)CC(=O)O. The molecule has 0 aromatic heterocycles. The van der Waals surface area contributed by atoms with Gasteiger partial charge >= 0.3 is 5.97 Å². The minimum Gasteiger partial charge on any atom is -0.481 e. The van der Waals surface area contributed by atoms with E-state index in [1.165, 1.54) is 0 Å². The smallest absolute Gasteiger partial charge is 0.303 e. The molecule has 0 saturated carbocycles. The second kappa shape index (κ2) is 6.53. The van der Waals surface area contributed by atoms with Gasteiger partial charge in [-0.1, -0.05) is 32.8 Å². The van der Waals surface area contributed by atoms with Crippen molar-refractivity contribution in [1.29, 1.82) is 0 Å². The molecule has 0 heterocycles. The Morgan fingerprint density at radius 3 is 2.53 bits per heavy atom. The van der Waals surface area contributed by atoms with E-state index in [0.29, 0.717) is 12.5 Å². The van der Waals surface area contributed by atoms with Gasteiger partial charge in [-0.15, -0.1) is 0 Å². The zero-order valence-corrected chi connectivity index (χ0v) is 9.01. The van der Waals surface area contributed by atoms with Gasteiger partial charge in [0.25, 0.3) is 5.92 Å². The minimum absolute atomic E-state index is 0.235. The van der Waals surface area contributed by atoms with Crippen LogP contribution in [0, 0.1) is 5.92 Å². The van der Waals surface area contributed by atoms with Crippen molar-refractivity contribution in [3.05, 3.63) is 12.7 Å². The number of carboxylic acid groups (broad SMARTS) is 1. The standard InChI is InChI=1S/C11H18F2O2/c1-3-5-6-7-9(8-10(14)15)11(12,13)4-2/h4,9H,2-3,5-8H2,1H3,(H,14,15). The highest BCUT2D eigenvalue weighted by Gasteiger charge is 2.36. The molecule has 0 aliphatic heterocycles. The predicted molar refractivity (Wildman–Crippen MR) is 55.0 cm³/mol. The summed E-state index contributed by atoms with van der Waals surface area (Å²) >= 11 is 0. The van der Waals surface area contributed by atoms with E-state index in [1.807, 2.05) is 6.92 Å². The molecular weight excluding hydrogens is 202 g/mol. The van der Waals surface area contributed by atoms with E-state index < -0.39 is 24.2 Å². The van der Waals surface area contributed by atoms with Crippen LogP contribution in [0.15, 0.2) is 12.7 Å². The molecule has 1 unspecified atom stereocenters. The average Bonchev–Trinajstić information content (AvgIpc) is 2.16. The van der Waals surface area contributed by atoms with Crippen molar-refractivity contribution in [1.82, 2.24) is 0 Å². The summed E-state index contributed by atoms with van der Waals surface area (Å²) in [6, 6.07) is 0. The Balaban J connectivity index is 4.30. The molecule has 1 N–H and O–H groups in total. The molecule has 0 aliphatic rings. The lowest BCUT2D eigenvalue weighted by atomic mass is 9.91. The van der Waals surface area contributed by atoms with Crippen LogP contribution in [0.25, 0.3) is 0 Å². The van der Waals surface area contributed by atoms with E-state index in [-0.39, 0.29) is 6.42 Å². The molecule has 4 heteroatoms. The molecule has 0 saturated heterocycles. The van der Waals surface area contributed by atoms with Crippen molar-refractivity contribution in [2.24, 2.45) is 5.92 Å². The van der Waals surface area contributed by atoms with E-state index in [9.17, 15) is 13.6 Å². The molecule has 1 atom stereocenters. The van der Waals surface area contributed by atoms with Gasteiger partial charge in [0.1, 0.15) is 0 Å². The van der Waals surface area contributed by atoms with Crippen molar-refractivity contribution in [2.45, 2.75) is 45.0 Å². The monoisotopic (exact) mass is 220 g/mol. The Bertz CT molecular complexity index is 215. The summed E-state index contributed by atoms with van der Waals surface area (Å²) in [6.07, 6.45) is 2.70. The summed E-state index contributed by atoms with van der Waals surface area (Å²) in [5, 5.41) is 8.53. The Kier molecular flexibility index (Phi) is 6.13. The first-order chi connectivity index (χ1) is 6.94. The van der Waals surface area contributed by atoms with Gasteiger partial charge in [0.2, 0.25) is 0 Å². The van der Waals surface area contributed by atoms with E-state index in [2.05, 4.69) is 6.58 Å². The van der Waals surface area contributed by atoms with E-state index in [4.69, 9.17) is 5.11 Å². The van der Waals surface area contributed by atoms with Crippen molar-refractivity contribution >= 4 is 5.97 Å². The molecule has 0 aliphatic carbocycles. The Morgan fingerprint density at radius 2 is 2.13 bits per heavy atom. The first-order valence-electron chi connectivity index (χ1n) is 5.17. The molecule has 88 valence electrons. The molecule has 0 aromatic rings. The topological polar surface area (TPSA) is 37.3 Å². The molecule has 0 aromatic carbocycles. The van der Waals surface area contributed by atoms with Crippen LogP contribution in [0.5, 0.6) is 0 Å². The molecule has 0 amide bonds. The molecule has 0 spiro atoms. The zero-order valence-electron chi connectivity index (χ0n) is 9.01. The van der Waals surface area contributed by atoms with Crippen LogP contribution in [-0.2, 0) is 4.79 Å². The third-order valence-corrected chi connectivity index (χ3v) is 2.39. The van der Waals surface area contributed by atoms with Crippen LogP contribution in [0.2, 0.25) is 0 Å². The normalized spacial score (nSPS) is 13.5. The van der Waals surface area contributed by atoms with Crippen molar-refractivity contribution in [2.75, 3.05) is 0 Å². The molecule has 2 nitrogen and oxygen atoms in total. The molecule has 0 radical (unpaired) electrons. The van der Waals surface area contributed by atoms with E-state index >= 15 is 0 Å². The Labute approximate surface area is 89.0 Å². The molecule has 0 rings (SSSR count). The maximum absolute atomic E-state index is 13.2. The van der Waals surface area contributed by atoms with Crippen LogP contribution in [0.3, 0.4) is 0 Å². The van der Waals surface area contributed by atoms with Gasteiger partial charge < -0.3 is 5.11 Å². The predicted octanol–water partition coefficient (Wildman–Crippen LogP) is 3.48. The van der Waals surface area contributed by atoms with E-state index in [1.54, 1.807) is 0 Å². The van der Waals surface area contributed by atoms with Crippen molar-refractivity contribution in [3.8, 4) is 0 Å². The second-order valence-corrected chi connectivity index (χ2v) is 3.67. The number of carbonyl (C=O) groups is 1. The van der Waals surface area contributed by atoms with Crippen molar-refractivity contribution < 1.29 is 18.7 Å². The van der Waals surface area contributed by atoms with Crippen LogP contribution < -0.4 is 0 Å². The lowest BCUT2D eigenvalue weighted by molar-refractivity contribution is -0.141. The van der Waals surface area contributed by atoms with Gasteiger partial charge in [0.05, 0.1) is 6.42 Å². The van der Waals surface area contributed by atoms with Crippen LogP contribution in [0.4, 0.5) is 8.78 Å².